The highest BCUT2D eigenvalue weighted by molar-refractivity contribution is 8.04. The lowest BCUT2D eigenvalue weighted by molar-refractivity contribution is -0.156. The van der Waals surface area contributed by atoms with E-state index in [0.29, 0.717) is 11.3 Å². The second kappa shape index (κ2) is 5.15. The molecule has 2 rings (SSSR count). The number of thioether (sulfide) groups is 1. The molecule has 2 aliphatic heterocycles. The van der Waals surface area contributed by atoms with Crippen LogP contribution in [-0.4, -0.2) is 44.5 Å². The van der Waals surface area contributed by atoms with E-state index in [1.54, 1.807) is 6.92 Å². The molecule has 2 aliphatic rings. The average molecular weight is 286 g/mol. The molecule has 2 heterocycles. The van der Waals surface area contributed by atoms with Crippen molar-refractivity contribution < 1.29 is 19.8 Å². The number of fused-ring (bicyclic) bond motifs is 1. The summed E-state index contributed by atoms with van der Waals surface area (Å²) < 4.78 is 0. The molecule has 1 amide bonds. The molecule has 7 heteroatoms. The molecule has 19 heavy (non-hydrogen) atoms. The Morgan fingerprint density at radius 2 is 2.21 bits per heavy atom. The first-order chi connectivity index (χ1) is 8.90. The molecule has 0 saturated carbocycles. The number of nitrogens with two attached hydrogens (primary N) is 1. The van der Waals surface area contributed by atoms with E-state index in [1.807, 2.05) is 6.92 Å². The van der Waals surface area contributed by atoms with Crippen LogP contribution >= 0.6 is 11.8 Å². The zero-order chi connectivity index (χ0) is 14.3. The fourth-order valence-electron chi connectivity index (χ4n) is 2.51. The van der Waals surface area contributed by atoms with E-state index < -0.39 is 18.0 Å². The molecule has 0 aromatic heterocycles. The Balaban J connectivity index is 2.29. The van der Waals surface area contributed by atoms with Crippen molar-refractivity contribution in [3.8, 4) is 0 Å². The van der Waals surface area contributed by atoms with Crippen molar-refractivity contribution in [2.75, 3.05) is 0 Å². The summed E-state index contributed by atoms with van der Waals surface area (Å²) in [5, 5.41) is 18.5. The van der Waals surface area contributed by atoms with Crippen LogP contribution in [0.4, 0.5) is 0 Å². The van der Waals surface area contributed by atoms with Gasteiger partial charge in [0.1, 0.15) is 11.1 Å². The van der Waals surface area contributed by atoms with Gasteiger partial charge in [0.05, 0.1) is 12.0 Å². The smallest absolute Gasteiger partial charge is 0.353 e. The molecule has 6 nitrogen and oxygen atoms in total. The highest BCUT2D eigenvalue weighted by Gasteiger charge is 2.58. The van der Waals surface area contributed by atoms with Crippen molar-refractivity contribution in [3.63, 3.8) is 0 Å². The number of aliphatic carboxylic acids is 1. The third-order valence-corrected chi connectivity index (χ3v) is 4.96. The number of carboxylic acid groups (broad SMARTS) is 1. The predicted octanol–water partition coefficient (Wildman–Crippen LogP) is 0.322. The van der Waals surface area contributed by atoms with Crippen molar-refractivity contribution in [1.29, 1.82) is 0 Å². The topological polar surface area (TPSA) is 104 Å². The fourth-order valence-corrected chi connectivity index (χ4v) is 4.17. The molecule has 1 saturated heterocycles. The molecule has 0 aromatic rings. The first kappa shape index (κ1) is 14.4. The second-order valence-corrected chi connectivity index (χ2v) is 6.05. The number of β-lactam (4-membered cyclic amide) rings is 1. The van der Waals surface area contributed by atoms with Crippen LogP contribution in [0.3, 0.4) is 0 Å². The summed E-state index contributed by atoms with van der Waals surface area (Å²) in [4.78, 5) is 25.1. The normalized spacial score (nSPS) is 29.1. The summed E-state index contributed by atoms with van der Waals surface area (Å²) in [7, 11) is 0. The van der Waals surface area contributed by atoms with Crippen molar-refractivity contribution >= 4 is 23.6 Å². The average Bonchev–Trinajstić information content (AvgIpc) is 2.64. The van der Waals surface area contributed by atoms with Gasteiger partial charge < -0.3 is 15.9 Å². The molecule has 0 spiro atoms. The van der Waals surface area contributed by atoms with Gasteiger partial charge in [-0.1, -0.05) is 25.1 Å². The highest BCUT2D eigenvalue weighted by Crippen LogP contribution is 2.51. The van der Waals surface area contributed by atoms with E-state index >= 15 is 0 Å². The summed E-state index contributed by atoms with van der Waals surface area (Å²) in [5.41, 5.74) is 5.99. The van der Waals surface area contributed by atoms with Crippen molar-refractivity contribution in [2.45, 2.75) is 44.2 Å². The van der Waals surface area contributed by atoms with Crippen LogP contribution in [0.25, 0.3) is 0 Å². The Bertz CT molecular complexity index is 449. The molecule has 0 radical (unpaired) electrons. The van der Waals surface area contributed by atoms with Crippen LogP contribution < -0.4 is 5.73 Å². The van der Waals surface area contributed by atoms with Gasteiger partial charge in [-0.05, 0) is 13.3 Å². The molecule has 1 unspecified atom stereocenters. The number of aliphatic hydroxyl groups excluding tert-OH is 1. The van der Waals surface area contributed by atoms with Crippen LogP contribution in [0.5, 0.6) is 0 Å². The number of carbonyl (C=O) groups is 2. The molecular weight excluding hydrogens is 268 g/mol. The first-order valence-electron chi connectivity index (χ1n) is 6.31. The minimum atomic E-state index is -1.13. The quantitative estimate of drug-likeness (QED) is 0.629. The second-order valence-electron chi connectivity index (χ2n) is 4.90. The van der Waals surface area contributed by atoms with Gasteiger partial charge in [-0.25, -0.2) is 4.79 Å². The number of aliphatic hydroxyl groups is 1. The van der Waals surface area contributed by atoms with Crippen LogP contribution in [0.15, 0.2) is 10.6 Å². The Morgan fingerprint density at radius 1 is 1.58 bits per heavy atom. The summed E-state index contributed by atoms with van der Waals surface area (Å²) in [5.74, 6) is -2.00. The molecule has 4 atom stereocenters. The lowest BCUT2D eigenvalue weighted by Gasteiger charge is -2.43. The minimum Gasteiger partial charge on any atom is -0.477 e. The van der Waals surface area contributed by atoms with Gasteiger partial charge in [0.25, 0.3) is 0 Å². The maximum atomic E-state index is 11.9. The summed E-state index contributed by atoms with van der Waals surface area (Å²) >= 11 is 1.30. The van der Waals surface area contributed by atoms with E-state index in [4.69, 9.17) is 5.73 Å². The predicted molar refractivity (Wildman–Crippen MR) is 70.9 cm³/mol. The summed E-state index contributed by atoms with van der Waals surface area (Å²) in [6.45, 7) is 3.52. The minimum absolute atomic E-state index is 0.00199. The molecule has 0 aliphatic carbocycles. The standard InChI is InChI=1S/C12H18N2O4S/c1-3-4-6(13)9-8(12(17)18)14-10(16)7(5(2)15)11(14)19-9/h5-7,11,15H,3-4,13H2,1-2H3,(H,17,18)/t5?,6-,7+,11-/m1/s1. The lowest BCUT2D eigenvalue weighted by atomic mass is 9.92. The van der Waals surface area contributed by atoms with Gasteiger partial charge in [0.2, 0.25) is 5.91 Å². The van der Waals surface area contributed by atoms with Gasteiger partial charge >= 0.3 is 5.97 Å². The van der Waals surface area contributed by atoms with E-state index in [1.165, 1.54) is 16.7 Å². The molecular formula is C12H18N2O4S. The number of hydrogen-bond acceptors (Lipinski definition) is 5. The Morgan fingerprint density at radius 3 is 2.68 bits per heavy atom. The third kappa shape index (κ3) is 2.15. The Labute approximate surface area is 115 Å². The van der Waals surface area contributed by atoms with Gasteiger partial charge in [-0.2, -0.15) is 0 Å². The molecule has 0 aromatic carbocycles. The SMILES string of the molecule is CCC[C@@H](N)C1=C(C(=O)O)N2C(=O)[C@H](C(C)O)[C@H]2S1. The maximum Gasteiger partial charge on any atom is 0.353 e. The number of amides is 1. The van der Waals surface area contributed by atoms with Crippen molar-refractivity contribution in [1.82, 2.24) is 4.90 Å². The number of nitrogens with zero attached hydrogens (tertiary/aromatic N) is 1. The maximum absolute atomic E-state index is 11.9. The monoisotopic (exact) mass is 286 g/mol. The van der Waals surface area contributed by atoms with Gasteiger partial charge in [-0.15, -0.1) is 0 Å². The van der Waals surface area contributed by atoms with E-state index in [2.05, 4.69) is 0 Å². The number of rotatable bonds is 5. The first-order valence-corrected chi connectivity index (χ1v) is 7.19. The van der Waals surface area contributed by atoms with E-state index in [0.717, 1.165) is 6.42 Å². The Hall–Kier alpha value is -1.05. The number of carboxylic acids is 1. The van der Waals surface area contributed by atoms with Crippen molar-refractivity contribution in [2.24, 2.45) is 11.7 Å². The van der Waals surface area contributed by atoms with Crippen LogP contribution in [0, 0.1) is 5.92 Å². The largest absolute Gasteiger partial charge is 0.477 e. The zero-order valence-electron chi connectivity index (χ0n) is 10.9. The van der Waals surface area contributed by atoms with Crippen LogP contribution in [0.1, 0.15) is 26.7 Å². The highest BCUT2D eigenvalue weighted by atomic mass is 32.2. The third-order valence-electron chi connectivity index (χ3n) is 3.47. The van der Waals surface area contributed by atoms with E-state index in [9.17, 15) is 19.8 Å². The van der Waals surface area contributed by atoms with Crippen molar-refractivity contribution in [3.05, 3.63) is 10.6 Å². The van der Waals surface area contributed by atoms with Crippen LogP contribution in [-0.2, 0) is 9.59 Å². The fraction of sp³-hybridized carbons (Fsp3) is 0.667. The molecule has 1 fully saturated rings. The van der Waals surface area contributed by atoms with Crippen LogP contribution in [0.2, 0.25) is 0 Å². The Kier molecular flexibility index (Phi) is 3.89. The summed E-state index contributed by atoms with van der Waals surface area (Å²) in [6, 6.07) is -0.367. The van der Waals surface area contributed by atoms with Gasteiger partial charge in [0, 0.05) is 10.9 Å². The molecule has 0 bridgehead atoms. The van der Waals surface area contributed by atoms with E-state index in [-0.39, 0.29) is 23.0 Å². The summed E-state index contributed by atoms with van der Waals surface area (Å²) in [6.07, 6.45) is 0.738. The zero-order valence-corrected chi connectivity index (χ0v) is 11.7. The van der Waals surface area contributed by atoms with Gasteiger partial charge in [-0.3, -0.25) is 9.69 Å². The number of hydrogen-bond donors (Lipinski definition) is 3. The molecule has 4 N–H and O–H groups in total. The number of carbonyl (C=O) groups excluding carboxylic acids is 1. The lowest BCUT2D eigenvalue weighted by Crippen LogP contribution is -2.60. The van der Waals surface area contributed by atoms with Gasteiger partial charge in [0.15, 0.2) is 0 Å². The molecule has 106 valence electrons.